The van der Waals surface area contributed by atoms with Gasteiger partial charge in [-0.15, -0.1) is 11.3 Å². The van der Waals surface area contributed by atoms with E-state index >= 15 is 0 Å². The number of carbonyl (C=O) groups is 1. The molecule has 1 unspecified atom stereocenters. The van der Waals surface area contributed by atoms with Crippen LogP contribution < -0.4 is 24.7 Å². The number of nitrogens with two attached hydrogens (primary N) is 1. The average Bonchev–Trinajstić information content (AvgIpc) is 3.29. The Balaban J connectivity index is 1.46. The van der Waals surface area contributed by atoms with E-state index < -0.39 is 11.9 Å². The minimum atomic E-state index is -0.665. The van der Waals surface area contributed by atoms with Crippen LogP contribution in [0.1, 0.15) is 53.9 Å². The largest absolute Gasteiger partial charge is 0.490 e. The Hall–Kier alpha value is -3.61. The van der Waals surface area contributed by atoms with Crippen molar-refractivity contribution in [2.45, 2.75) is 33.1 Å². The fraction of sp³-hybridized carbons (Fsp3) is 0.250. The highest BCUT2D eigenvalue weighted by molar-refractivity contribution is 7.21. The maximum Gasteiger partial charge on any atom is 0.355 e. The molecule has 0 spiro atoms. The Morgan fingerprint density at radius 3 is 2.60 bits per heavy atom. The number of fused-ring (bicyclic) bond motifs is 2. The van der Waals surface area contributed by atoms with Crippen LogP contribution >= 0.6 is 46.1 Å². The number of halogens is 3. The Morgan fingerprint density at radius 1 is 1.09 bits per heavy atom. The molecule has 4 aromatic rings. The van der Waals surface area contributed by atoms with Crippen LogP contribution in [-0.4, -0.2) is 19.2 Å². The molecule has 1 aliphatic heterocycles. The number of ether oxygens (including phenoxy) is 4. The van der Waals surface area contributed by atoms with Crippen LogP contribution in [0.5, 0.6) is 23.0 Å². The van der Waals surface area contributed by atoms with Crippen LogP contribution in [0.2, 0.25) is 15.1 Å². The highest BCUT2D eigenvalue weighted by Gasteiger charge is 2.32. The number of allylic oxidation sites excluding steroid dienone is 1. The predicted octanol–water partition coefficient (Wildman–Crippen LogP) is 9.12. The van der Waals surface area contributed by atoms with Gasteiger partial charge in [0, 0.05) is 26.7 Å². The van der Waals surface area contributed by atoms with Gasteiger partial charge < -0.3 is 24.7 Å². The number of benzene rings is 3. The van der Waals surface area contributed by atoms with E-state index in [2.05, 4.69) is 19.9 Å². The van der Waals surface area contributed by atoms with E-state index in [-0.39, 0.29) is 27.1 Å². The lowest BCUT2D eigenvalue weighted by molar-refractivity contribution is 0.0740. The van der Waals surface area contributed by atoms with Gasteiger partial charge in [0.15, 0.2) is 11.5 Å². The molecule has 0 saturated heterocycles. The molecule has 1 aromatic heterocycles. The minimum absolute atomic E-state index is 0.0437. The average molecular weight is 658 g/mol. The predicted molar refractivity (Wildman–Crippen MR) is 170 cm³/mol. The first-order valence-electron chi connectivity index (χ1n) is 13.5. The normalized spacial score (nSPS) is 14.3. The van der Waals surface area contributed by atoms with Crippen molar-refractivity contribution in [1.82, 2.24) is 0 Å². The molecule has 5 rings (SSSR count). The summed E-state index contributed by atoms with van der Waals surface area (Å²) < 4.78 is 24.0. The number of thiophene rings is 1. The molecule has 1 atom stereocenters. The van der Waals surface area contributed by atoms with Crippen molar-refractivity contribution in [1.29, 1.82) is 5.26 Å². The molecule has 0 aliphatic carbocycles. The number of nitrogens with zero attached hydrogens (tertiary/aromatic N) is 1. The molecular weight excluding hydrogens is 631 g/mol. The van der Waals surface area contributed by atoms with Crippen molar-refractivity contribution >= 4 is 62.2 Å². The van der Waals surface area contributed by atoms with Gasteiger partial charge in [0.1, 0.15) is 28.0 Å². The SMILES string of the molecule is CCOc1cc(C2C(C#N)=C(N)Oc3cc(OC(=O)c4sc5cc(Cl)cc(Cl)c5c4Cl)ccc32)ccc1OCCC(C)C. The quantitative estimate of drug-likeness (QED) is 0.141. The second-order valence-electron chi connectivity index (χ2n) is 10.2. The lowest BCUT2D eigenvalue weighted by Gasteiger charge is -2.27. The third-order valence-electron chi connectivity index (χ3n) is 6.79. The number of carbonyl (C=O) groups excluding carboxylic acids is 1. The van der Waals surface area contributed by atoms with Gasteiger partial charge in [0.05, 0.1) is 29.2 Å². The van der Waals surface area contributed by atoms with Crippen LogP contribution in [0.15, 0.2) is 60.0 Å². The third kappa shape index (κ3) is 6.36. The number of hydrogen-bond donors (Lipinski definition) is 1. The van der Waals surface area contributed by atoms with E-state index in [0.29, 0.717) is 62.1 Å². The molecule has 0 bridgehead atoms. The topological polar surface area (TPSA) is 104 Å². The second-order valence-corrected chi connectivity index (χ2v) is 12.5. The summed E-state index contributed by atoms with van der Waals surface area (Å²) in [6.07, 6.45) is 0.905. The third-order valence-corrected chi connectivity index (χ3v) is 8.91. The molecule has 0 amide bonds. The molecule has 222 valence electrons. The molecule has 7 nitrogen and oxygen atoms in total. The molecule has 3 aromatic carbocycles. The van der Waals surface area contributed by atoms with Gasteiger partial charge >= 0.3 is 5.97 Å². The molecule has 2 heterocycles. The fourth-order valence-electron chi connectivity index (χ4n) is 4.73. The summed E-state index contributed by atoms with van der Waals surface area (Å²) in [4.78, 5) is 13.3. The zero-order valence-corrected chi connectivity index (χ0v) is 26.6. The van der Waals surface area contributed by atoms with Gasteiger partial charge in [-0.3, -0.25) is 0 Å². The first kappa shape index (κ1) is 30.8. The van der Waals surface area contributed by atoms with Gasteiger partial charge in [0.2, 0.25) is 5.88 Å². The standard InChI is InChI=1S/C32H27Cl3N2O5S/c1-4-39-25-11-17(5-8-23(25)40-10-9-16(2)3)27-20-7-6-19(14-24(20)42-31(37)21(27)15-36)41-32(38)30-29(35)28-22(34)12-18(33)13-26(28)43-30/h5-8,11-14,16,27H,4,9-10,37H2,1-3H3. The van der Waals surface area contributed by atoms with Crippen LogP contribution in [0, 0.1) is 17.2 Å². The number of hydrogen-bond acceptors (Lipinski definition) is 8. The van der Waals surface area contributed by atoms with E-state index in [1.54, 1.807) is 30.3 Å². The summed E-state index contributed by atoms with van der Waals surface area (Å²) in [7, 11) is 0. The van der Waals surface area contributed by atoms with Crippen LogP contribution in [0.25, 0.3) is 10.1 Å². The van der Waals surface area contributed by atoms with Crippen molar-refractivity contribution in [3.63, 3.8) is 0 Å². The van der Waals surface area contributed by atoms with E-state index in [1.165, 1.54) is 0 Å². The molecule has 0 saturated carbocycles. The van der Waals surface area contributed by atoms with Crippen molar-refractivity contribution in [2.75, 3.05) is 13.2 Å². The first-order valence-corrected chi connectivity index (χ1v) is 15.5. The lowest BCUT2D eigenvalue weighted by Crippen LogP contribution is -2.21. The zero-order valence-electron chi connectivity index (χ0n) is 23.5. The molecule has 0 fully saturated rings. The second kappa shape index (κ2) is 12.9. The van der Waals surface area contributed by atoms with Gasteiger partial charge in [-0.2, -0.15) is 5.26 Å². The maximum atomic E-state index is 13.1. The van der Waals surface area contributed by atoms with Crippen molar-refractivity contribution < 1.29 is 23.7 Å². The van der Waals surface area contributed by atoms with E-state index in [1.807, 2.05) is 25.1 Å². The molecule has 0 radical (unpaired) electrons. The summed E-state index contributed by atoms with van der Waals surface area (Å²) in [6.45, 7) is 7.16. The van der Waals surface area contributed by atoms with Crippen molar-refractivity contribution in [3.05, 3.63) is 91.1 Å². The van der Waals surface area contributed by atoms with Crippen molar-refractivity contribution in [3.8, 4) is 29.1 Å². The summed E-state index contributed by atoms with van der Waals surface area (Å²) in [5.41, 5.74) is 7.90. The summed E-state index contributed by atoms with van der Waals surface area (Å²) in [5, 5.41) is 11.5. The minimum Gasteiger partial charge on any atom is -0.490 e. The highest BCUT2D eigenvalue weighted by Crippen LogP contribution is 2.46. The van der Waals surface area contributed by atoms with Gasteiger partial charge in [-0.05, 0) is 55.2 Å². The highest BCUT2D eigenvalue weighted by atomic mass is 35.5. The Kier molecular flexibility index (Phi) is 9.28. The Labute approximate surface area is 268 Å². The molecule has 1 aliphatic rings. The van der Waals surface area contributed by atoms with Crippen LogP contribution in [0.4, 0.5) is 0 Å². The van der Waals surface area contributed by atoms with Crippen LogP contribution in [-0.2, 0) is 0 Å². The molecule has 11 heteroatoms. The van der Waals surface area contributed by atoms with E-state index in [4.69, 9.17) is 59.5 Å². The summed E-state index contributed by atoms with van der Waals surface area (Å²) in [5.74, 6) is 0.991. The maximum absolute atomic E-state index is 13.1. The van der Waals surface area contributed by atoms with Gasteiger partial charge in [-0.1, -0.05) is 60.8 Å². The molecule has 43 heavy (non-hydrogen) atoms. The summed E-state index contributed by atoms with van der Waals surface area (Å²) in [6, 6.07) is 15.9. The summed E-state index contributed by atoms with van der Waals surface area (Å²) >= 11 is 20.1. The Morgan fingerprint density at radius 2 is 1.88 bits per heavy atom. The Bertz CT molecular complexity index is 1790. The van der Waals surface area contributed by atoms with Crippen molar-refractivity contribution in [2.24, 2.45) is 11.7 Å². The number of nitriles is 1. The molecule has 2 N–H and O–H groups in total. The van der Waals surface area contributed by atoms with Crippen LogP contribution in [0.3, 0.4) is 0 Å². The van der Waals surface area contributed by atoms with E-state index in [9.17, 15) is 10.1 Å². The number of esters is 1. The first-order chi connectivity index (χ1) is 20.6. The van der Waals surface area contributed by atoms with Gasteiger partial charge in [0.25, 0.3) is 0 Å². The molecular formula is C32H27Cl3N2O5S. The zero-order chi connectivity index (χ0) is 30.8. The van der Waals surface area contributed by atoms with E-state index in [0.717, 1.165) is 23.3 Å². The number of rotatable bonds is 9. The lowest BCUT2D eigenvalue weighted by atomic mass is 9.83. The smallest absolute Gasteiger partial charge is 0.355 e. The fourth-order valence-corrected chi connectivity index (χ4v) is 6.98. The monoisotopic (exact) mass is 656 g/mol. The van der Waals surface area contributed by atoms with Gasteiger partial charge in [-0.25, -0.2) is 4.79 Å².